The van der Waals surface area contributed by atoms with E-state index in [0.717, 1.165) is 38.5 Å². The summed E-state index contributed by atoms with van der Waals surface area (Å²) in [5.41, 5.74) is 1.26. The second-order valence-corrected chi connectivity index (χ2v) is 7.53. The molecule has 1 aliphatic rings. The summed E-state index contributed by atoms with van der Waals surface area (Å²) in [5, 5.41) is 6.88. The Bertz CT molecular complexity index is 689. The van der Waals surface area contributed by atoms with Crippen molar-refractivity contribution in [2.75, 3.05) is 20.2 Å². The van der Waals surface area contributed by atoms with E-state index in [1.165, 1.54) is 15.3 Å². The van der Waals surface area contributed by atoms with Crippen LogP contribution in [0.15, 0.2) is 47.5 Å². The van der Waals surface area contributed by atoms with E-state index >= 15 is 0 Å². The molecular formula is C20H28IN3OS. The number of halogens is 1. The molecule has 26 heavy (non-hydrogen) atoms. The van der Waals surface area contributed by atoms with Crippen molar-refractivity contribution in [2.45, 2.75) is 32.4 Å². The zero-order chi connectivity index (χ0) is 17.5. The molecule has 3 rings (SSSR count). The molecule has 1 saturated heterocycles. The van der Waals surface area contributed by atoms with Crippen molar-refractivity contribution in [3.63, 3.8) is 0 Å². The van der Waals surface area contributed by atoms with E-state index in [1.54, 1.807) is 0 Å². The van der Waals surface area contributed by atoms with E-state index in [4.69, 9.17) is 4.74 Å². The van der Waals surface area contributed by atoms with Crippen LogP contribution in [0.2, 0.25) is 0 Å². The van der Waals surface area contributed by atoms with Crippen molar-refractivity contribution in [1.82, 2.24) is 10.6 Å². The van der Waals surface area contributed by atoms with Crippen molar-refractivity contribution in [3.8, 4) is 0 Å². The zero-order valence-electron chi connectivity index (χ0n) is 15.4. The second-order valence-electron chi connectivity index (χ2n) is 6.28. The summed E-state index contributed by atoms with van der Waals surface area (Å²) in [6.07, 6.45) is 2.35. The molecule has 0 amide bonds. The Hall–Kier alpha value is -1.12. The summed E-state index contributed by atoms with van der Waals surface area (Å²) in [5.74, 6) is 1.32. The number of hydrogen-bond acceptors (Lipinski definition) is 3. The lowest BCUT2D eigenvalue weighted by Gasteiger charge is -2.20. The van der Waals surface area contributed by atoms with Crippen LogP contribution in [0.5, 0.6) is 0 Å². The van der Waals surface area contributed by atoms with Crippen LogP contribution in [0, 0.1) is 5.92 Å². The molecule has 2 unspecified atom stereocenters. The molecule has 1 fully saturated rings. The first-order valence-electron chi connectivity index (χ1n) is 8.98. The molecule has 2 heterocycles. The van der Waals surface area contributed by atoms with Crippen LogP contribution < -0.4 is 10.6 Å². The van der Waals surface area contributed by atoms with Gasteiger partial charge < -0.3 is 15.4 Å². The minimum atomic E-state index is 0. The van der Waals surface area contributed by atoms with Crippen LogP contribution >= 0.6 is 35.3 Å². The number of aliphatic imine (C=N–C) groups is 1. The summed E-state index contributed by atoms with van der Waals surface area (Å²) in [4.78, 5) is 7.11. The van der Waals surface area contributed by atoms with Gasteiger partial charge in [-0.05, 0) is 30.5 Å². The Kier molecular flexibility index (Phi) is 8.87. The first kappa shape index (κ1) is 21.2. The molecule has 0 radical (unpaired) electrons. The highest BCUT2D eigenvalue weighted by Crippen LogP contribution is 2.33. The molecule has 2 aromatic rings. The Morgan fingerprint density at radius 3 is 2.62 bits per heavy atom. The Labute approximate surface area is 177 Å². The van der Waals surface area contributed by atoms with Gasteiger partial charge in [-0.25, -0.2) is 0 Å². The van der Waals surface area contributed by atoms with E-state index in [9.17, 15) is 0 Å². The predicted octanol–water partition coefficient (Wildman–Crippen LogP) is 4.37. The summed E-state index contributed by atoms with van der Waals surface area (Å²) in [6.45, 7) is 4.70. The molecule has 1 aliphatic heterocycles. The fourth-order valence-electron chi connectivity index (χ4n) is 3.18. The van der Waals surface area contributed by atoms with Gasteiger partial charge in [0.25, 0.3) is 0 Å². The summed E-state index contributed by atoms with van der Waals surface area (Å²) < 4.78 is 5.96. The van der Waals surface area contributed by atoms with Crippen LogP contribution in [0.25, 0.3) is 0 Å². The molecule has 142 valence electrons. The van der Waals surface area contributed by atoms with Crippen LogP contribution in [-0.2, 0) is 17.7 Å². The van der Waals surface area contributed by atoms with Crippen LogP contribution in [0.3, 0.4) is 0 Å². The number of benzene rings is 1. The van der Waals surface area contributed by atoms with Gasteiger partial charge in [0, 0.05) is 35.9 Å². The molecule has 0 aliphatic carbocycles. The lowest BCUT2D eigenvalue weighted by Crippen LogP contribution is -2.39. The minimum absolute atomic E-state index is 0. The Morgan fingerprint density at radius 2 is 1.92 bits per heavy atom. The van der Waals surface area contributed by atoms with Crippen LogP contribution in [0.1, 0.15) is 34.8 Å². The molecule has 1 aromatic carbocycles. The largest absolute Gasteiger partial charge is 0.373 e. The average molecular weight is 485 g/mol. The predicted molar refractivity (Wildman–Crippen MR) is 121 cm³/mol. The van der Waals surface area contributed by atoms with E-state index in [0.29, 0.717) is 5.92 Å². The highest BCUT2D eigenvalue weighted by molar-refractivity contribution is 14.0. The van der Waals surface area contributed by atoms with Gasteiger partial charge in [-0.15, -0.1) is 35.3 Å². The molecule has 0 bridgehead atoms. The fourth-order valence-corrected chi connectivity index (χ4v) is 4.08. The maximum atomic E-state index is 5.96. The third kappa shape index (κ3) is 5.69. The van der Waals surface area contributed by atoms with Crippen molar-refractivity contribution < 1.29 is 4.74 Å². The average Bonchev–Trinajstić information content (AvgIpc) is 3.31. The van der Waals surface area contributed by atoms with E-state index in [1.807, 2.05) is 24.5 Å². The standard InChI is InChI=1S/C20H27N3OS.HI/c1-3-17-9-10-18(25-17)14-23-20(21-2)22-13-16-11-12-24-19(16)15-7-5-4-6-8-15;/h4-10,16,19H,3,11-14H2,1-2H3,(H2,21,22,23);1H. The lowest BCUT2D eigenvalue weighted by atomic mass is 9.95. The first-order chi connectivity index (χ1) is 12.3. The van der Waals surface area contributed by atoms with E-state index < -0.39 is 0 Å². The molecule has 0 spiro atoms. The maximum absolute atomic E-state index is 5.96. The normalized spacial score (nSPS) is 19.8. The molecular weight excluding hydrogens is 457 g/mol. The summed E-state index contributed by atoms with van der Waals surface area (Å²) >= 11 is 1.86. The topological polar surface area (TPSA) is 45.7 Å². The molecule has 2 atom stereocenters. The minimum Gasteiger partial charge on any atom is -0.373 e. The van der Waals surface area contributed by atoms with Crippen LogP contribution in [0.4, 0.5) is 0 Å². The molecule has 6 heteroatoms. The molecule has 4 nitrogen and oxygen atoms in total. The van der Waals surface area contributed by atoms with Crippen LogP contribution in [-0.4, -0.2) is 26.2 Å². The molecule has 2 N–H and O–H groups in total. The number of nitrogens with one attached hydrogen (secondary N) is 2. The number of hydrogen-bond donors (Lipinski definition) is 2. The van der Waals surface area contributed by atoms with Gasteiger partial charge in [0.15, 0.2) is 5.96 Å². The number of guanidine groups is 1. The third-order valence-electron chi connectivity index (χ3n) is 4.59. The Morgan fingerprint density at radius 1 is 1.15 bits per heavy atom. The Balaban J connectivity index is 0.00000243. The molecule has 0 saturated carbocycles. The number of nitrogens with zero attached hydrogens (tertiary/aromatic N) is 1. The van der Waals surface area contributed by atoms with Gasteiger partial charge in [0.05, 0.1) is 12.6 Å². The van der Waals surface area contributed by atoms with Gasteiger partial charge in [-0.2, -0.15) is 0 Å². The number of ether oxygens (including phenoxy) is 1. The highest BCUT2D eigenvalue weighted by atomic mass is 127. The third-order valence-corrected chi connectivity index (χ3v) is 5.82. The zero-order valence-corrected chi connectivity index (χ0v) is 18.6. The van der Waals surface area contributed by atoms with Gasteiger partial charge in [-0.1, -0.05) is 37.3 Å². The highest BCUT2D eigenvalue weighted by Gasteiger charge is 2.29. The van der Waals surface area contributed by atoms with Gasteiger partial charge in [0.1, 0.15) is 0 Å². The van der Waals surface area contributed by atoms with E-state index in [-0.39, 0.29) is 30.1 Å². The van der Waals surface area contributed by atoms with Gasteiger partial charge in [0.2, 0.25) is 0 Å². The number of thiophene rings is 1. The fraction of sp³-hybridized carbons (Fsp3) is 0.450. The summed E-state index contributed by atoms with van der Waals surface area (Å²) in [6, 6.07) is 14.9. The van der Waals surface area contributed by atoms with Crippen molar-refractivity contribution in [2.24, 2.45) is 10.9 Å². The monoisotopic (exact) mass is 485 g/mol. The quantitative estimate of drug-likeness (QED) is 0.363. The smallest absolute Gasteiger partial charge is 0.191 e. The lowest BCUT2D eigenvalue weighted by molar-refractivity contribution is 0.0915. The number of rotatable bonds is 6. The summed E-state index contributed by atoms with van der Waals surface area (Å²) in [7, 11) is 1.82. The second kappa shape index (κ2) is 10.9. The van der Waals surface area contributed by atoms with Crippen molar-refractivity contribution in [1.29, 1.82) is 0 Å². The van der Waals surface area contributed by atoms with Crippen molar-refractivity contribution >= 4 is 41.3 Å². The van der Waals surface area contributed by atoms with E-state index in [2.05, 4.69) is 58.9 Å². The number of aryl methyl sites for hydroxylation is 1. The first-order valence-corrected chi connectivity index (χ1v) is 9.80. The maximum Gasteiger partial charge on any atom is 0.191 e. The van der Waals surface area contributed by atoms with Gasteiger partial charge in [-0.3, -0.25) is 4.99 Å². The van der Waals surface area contributed by atoms with Gasteiger partial charge >= 0.3 is 0 Å². The SMILES string of the molecule is CCc1ccc(CNC(=NC)NCC2CCOC2c2ccccc2)s1.I. The molecule has 1 aromatic heterocycles. The van der Waals surface area contributed by atoms with Crippen molar-refractivity contribution in [3.05, 3.63) is 57.8 Å².